The molecule has 1 aromatic carbocycles. The monoisotopic (exact) mass is 384 g/mol. The molecule has 28 heavy (non-hydrogen) atoms. The fourth-order valence-electron chi connectivity index (χ4n) is 4.43. The number of likely N-dealkylation sites (tertiary alicyclic amines) is 1. The molecule has 0 radical (unpaired) electrons. The van der Waals surface area contributed by atoms with Crippen molar-refractivity contribution in [2.24, 2.45) is 5.41 Å². The van der Waals surface area contributed by atoms with Crippen LogP contribution in [0.25, 0.3) is 0 Å². The number of nitrogens with one attached hydrogen (secondary N) is 1. The molecule has 2 aromatic rings. The Morgan fingerprint density at radius 3 is 2.68 bits per heavy atom. The second-order valence-corrected chi connectivity index (χ2v) is 8.61. The third kappa shape index (κ3) is 3.27. The van der Waals surface area contributed by atoms with Crippen LogP contribution >= 0.6 is 0 Å². The van der Waals surface area contributed by atoms with E-state index in [1.165, 1.54) is 18.9 Å². The molecule has 5 rings (SSSR count). The van der Waals surface area contributed by atoms with Crippen LogP contribution in [0.5, 0.6) is 0 Å². The zero-order chi connectivity index (χ0) is 19.3. The molecule has 6 nitrogen and oxygen atoms in total. The smallest absolute Gasteiger partial charge is 0.316 e. The number of hydrogen-bond donors (Lipinski definition) is 1. The van der Waals surface area contributed by atoms with E-state index in [1.807, 2.05) is 17.9 Å². The number of carbonyl (C=O) groups excluding carboxylic acids is 1. The Labute approximate surface area is 163 Å². The van der Waals surface area contributed by atoms with Crippen molar-refractivity contribution >= 4 is 11.9 Å². The van der Waals surface area contributed by atoms with Crippen molar-refractivity contribution < 1.29 is 13.6 Å². The number of halogens is 1. The van der Waals surface area contributed by atoms with Gasteiger partial charge >= 0.3 is 6.01 Å². The van der Waals surface area contributed by atoms with E-state index >= 15 is 0 Å². The van der Waals surface area contributed by atoms with Crippen LogP contribution in [0.1, 0.15) is 62.3 Å². The summed E-state index contributed by atoms with van der Waals surface area (Å²) >= 11 is 0. The van der Waals surface area contributed by atoms with Crippen molar-refractivity contribution in [2.75, 3.05) is 18.4 Å². The first kappa shape index (κ1) is 17.6. The molecule has 3 atom stereocenters. The van der Waals surface area contributed by atoms with Crippen LogP contribution in [0, 0.1) is 11.2 Å². The lowest BCUT2D eigenvalue weighted by molar-refractivity contribution is -0.133. The molecule has 1 saturated heterocycles. The number of nitrogens with zero attached hydrogens (tertiary/aromatic N) is 3. The van der Waals surface area contributed by atoms with Crippen LogP contribution in [0.3, 0.4) is 0 Å². The number of benzene rings is 1. The van der Waals surface area contributed by atoms with Gasteiger partial charge < -0.3 is 14.6 Å². The normalized spacial score (nSPS) is 26.1. The molecule has 1 spiro atoms. The number of hydrogen-bond acceptors (Lipinski definition) is 5. The van der Waals surface area contributed by atoms with Crippen molar-refractivity contribution in [3.63, 3.8) is 0 Å². The first-order valence-electron chi connectivity index (χ1n) is 10.2. The molecular formula is C21H25FN4O2. The maximum Gasteiger partial charge on any atom is 0.316 e. The van der Waals surface area contributed by atoms with Crippen LogP contribution in [-0.4, -0.2) is 40.1 Å². The van der Waals surface area contributed by atoms with Gasteiger partial charge in [0.1, 0.15) is 11.9 Å². The Morgan fingerprint density at radius 1 is 1.21 bits per heavy atom. The molecule has 7 heteroatoms. The van der Waals surface area contributed by atoms with E-state index < -0.39 is 6.04 Å². The zero-order valence-electron chi connectivity index (χ0n) is 16.0. The van der Waals surface area contributed by atoms with Gasteiger partial charge in [0, 0.05) is 19.0 Å². The molecule has 1 N–H and O–H groups in total. The van der Waals surface area contributed by atoms with Crippen LogP contribution in [0.4, 0.5) is 10.4 Å². The number of amides is 1. The molecule has 1 aromatic heterocycles. The van der Waals surface area contributed by atoms with Gasteiger partial charge in [-0.25, -0.2) is 4.39 Å². The molecule has 3 unspecified atom stereocenters. The summed E-state index contributed by atoms with van der Waals surface area (Å²) in [4.78, 5) is 14.6. The summed E-state index contributed by atoms with van der Waals surface area (Å²) in [5.74, 6) is 0.510. The average molecular weight is 384 g/mol. The van der Waals surface area contributed by atoms with Crippen molar-refractivity contribution in [1.82, 2.24) is 15.1 Å². The van der Waals surface area contributed by atoms with Gasteiger partial charge in [0.05, 0.1) is 0 Å². The molecule has 3 aliphatic rings. The lowest BCUT2D eigenvalue weighted by Crippen LogP contribution is -2.45. The van der Waals surface area contributed by atoms with Gasteiger partial charge in [-0.1, -0.05) is 23.3 Å². The number of aromatic nitrogens is 2. The van der Waals surface area contributed by atoms with Crippen LogP contribution in [0.2, 0.25) is 0 Å². The molecule has 2 saturated carbocycles. The summed E-state index contributed by atoms with van der Waals surface area (Å²) in [7, 11) is 0. The van der Waals surface area contributed by atoms with E-state index in [9.17, 15) is 9.18 Å². The van der Waals surface area contributed by atoms with Crippen molar-refractivity contribution in [1.29, 1.82) is 0 Å². The highest BCUT2D eigenvalue weighted by Gasteiger charge is 2.46. The minimum Gasteiger partial charge on any atom is -0.408 e. The van der Waals surface area contributed by atoms with Gasteiger partial charge in [0.25, 0.3) is 0 Å². The summed E-state index contributed by atoms with van der Waals surface area (Å²) in [6.45, 7) is 3.51. The zero-order valence-corrected chi connectivity index (χ0v) is 16.0. The first-order valence-corrected chi connectivity index (χ1v) is 10.2. The number of rotatable bonds is 5. The lowest BCUT2D eigenvalue weighted by atomic mass is 9.93. The summed E-state index contributed by atoms with van der Waals surface area (Å²) in [5, 5.41) is 11.2. The summed E-state index contributed by atoms with van der Waals surface area (Å²) < 4.78 is 19.7. The van der Waals surface area contributed by atoms with Gasteiger partial charge in [0.2, 0.25) is 11.8 Å². The van der Waals surface area contributed by atoms with Gasteiger partial charge in [-0.2, -0.15) is 0 Å². The van der Waals surface area contributed by atoms with E-state index in [1.54, 1.807) is 12.1 Å². The van der Waals surface area contributed by atoms with Crippen molar-refractivity contribution in [3.05, 3.63) is 41.5 Å². The maximum absolute atomic E-state index is 13.9. The summed E-state index contributed by atoms with van der Waals surface area (Å²) in [5.41, 5.74) is 1.25. The lowest BCUT2D eigenvalue weighted by Gasteiger charge is -2.33. The van der Waals surface area contributed by atoms with Crippen LogP contribution < -0.4 is 5.32 Å². The Kier molecular flexibility index (Phi) is 4.14. The molecule has 1 aliphatic heterocycles. The summed E-state index contributed by atoms with van der Waals surface area (Å²) in [6, 6.07) is 6.66. The number of carbonyl (C=O) groups is 1. The maximum atomic E-state index is 13.9. The number of piperidine rings is 1. The molecule has 148 valence electrons. The van der Waals surface area contributed by atoms with E-state index in [2.05, 4.69) is 15.5 Å². The number of anilines is 1. The predicted octanol–water partition coefficient (Wildman–Crippen LogP) is 3.68. The van der Waals surface area contributed by atoms with Gasteiger partial charge in [-0.15, -0.1) is 5.10 Å². The van der Waals surface area contributed by atoms with E-state index in [0.717, 1.165) is 32.4 Å². The topological polar surface area (TPSA) is 71.3 Å². The van der Waals surface area contributed by atoms with E-state index in [0.29, 0.717) is 16.9 Å². The Balaban J connectivity index is 1.18. The second-order valence-electron chi connectivity index (χ2n) is 8.61. The molecular weight excluding hydrogens is 359 g/mol. The van der Waals surface area contributed by atoms with Crippen LogP contribution in [0.15, 0.2) is 28.7 Å². The first-order chi connectivity index (χ1) is 13.5. The third-order valence-electron chi connectivity index (χ3n) is 6.66. The highest BCUT2D eigenvalue weighted by atomic mass is 19.1. The second kappa shape index (κ2) is 6.57. The third-order valence-corrected chi connectivity index (χ3v) is 6.66. The Hall–Kier alpha value is -2.44. The van der Waals surface area contributed by atoms with Crippen LogP contribution in [-0.2, 0) is 4.79 Å². The molecule has 3 fully saturated rings. The van der Waals surface area contributed by atoms with E-state index in [4.69, 9.17) is 4.42 Å². The predicted molar refractivity (Wildman–Crippen MR) is 101 cm³/mol. The minimum absolute atomic E-state index is 0.0442. The Bertz CT molecular complexity index is 884. The fraction of sp³-hybridized carbons (Fsp3) is 0.571. The fourth-order valence-corrected chi connectivity index (χ4v) is 4.43. The molecule has 2 aliphatic carbocycles. The van der Waals surface area contributed by atoms with E-state index in [-0.39, 0.29) is 29.6 Å². The van der Waals surface area contributed by atoms with Crippen molar-refractivity contribution in [3.8, 4) is 0 Å². The highest BCUT2D eigenvalue weighted by molar-refractivity contribution is 5.83. The SMILES string of the molecule is CC(Nc1nnc(C2CC2c2ccccc2F)o1)C(=O)N1CCC2(CC1)CC2. The average Bonchev–Trinajstić information content (AvgIpc) is 3.61. The quantitative estimate of drug-likeness (QED) is 0.851. The van der Waals surface area contributed by atoms with Crippen molar-refractivity contribution in [2.45, 2.75) is 56.9 Å². The molecule has 1 amide bonds. The van der Waals surface area contributed by atoms with Gasteiger partial charge in [-0.3, -0.25) is 4.79 Å². The van der Waals surface area contributed by atoms with Gasteiger partial charge in [0.15, 0.2) is 0 Å². The molecule has 0 bridgehead atoms. The highest BCUT2D eigenvalue weighted by Crippen LogP contribution is 2.55. The minimum atomic E-state index is -0.414. The molecule has 2 heterocycles. The standard InChI is InChI=1S/C21H25FN4O2/c1-13(19(27)26-10-8-21(6-7-21)9-11-26)23-20-25-24-18(28-20)16-12-15(16)14-4-2-3-5-17(14)22/h2-5,13,15-16H,6-12H2,1H3,(H,23,25). The Morgan fingerprint density at radius 2 is 1.96 bits per heavy atom. The summed E-state index contributed by atoms with van der Waals surface area (Å²) in [6.07, 6.45) is 5.68. The largest absolute Gasteiger partial charge is 0.408 e. The van der Waals surface area contributed by atoms with Gasteiger partial charge in [-0.05, 0) is 62.0 Å².